The molecule has 2 amide bonds. The number of rotatable bonds is 5. The molecule has 0 saturated carbocycles. The van der Waals surface area contributed by atoms with E-state index in [0.29, 0.717) is 18.6 Å². The molecule has 1 aliphatic heterocycles. The van der Waals surface area contributed by atoms with E-state index in [-0.39, 0.29) is 35.3 Å². The molecule has 0 fully saturated rings. The van der Waals surface area contributed by atoms with Crippen LogP contribution in [0.4, 0.5) is 36.8 Å². The van der Waals surface area contributed by atoms with Gasteiger partial charge in [0.15, 0.2) is 0 Å². The van der Waals surface area contributed by atoms with Crippen LogP contribution in [-0.2, 0) is 23.7 Å². The van der Waals surface area contributed by atoms with Crippen molar-refractivity contribution >= 4 is 17.7 Å². The van der Waals surface area contributed by atoms with Gasteiger partial charge in [0, 0.05) is 25.6 Å². The van der Waals surface area contributed by atoms with Crippen molar-refractivity contribution < 1.29 is 45.8 Å². The minimum atomic E-state index is -5.04. The summed E-state index contributed by atoms with van der Waals surface area (Å²) >= 11 is 0. The number of anilines is 1. The lowest BCUT2D eigenvalue weighted by Crippen LogP contribution is -2.48. The number of benzene rings is 1. The minimum Gasteiger partial charge on any atom is -0.481 e. The van der Waals surface area contributed by atoms with Crippen LogP contribution >= 0.6 is 0 Å². The molecule has 1 N–H and O–H groups in total. The molecular formula is C23H23F6N3O4. The number of hydrogen-bond donors (Lipinski definition) is 1. The summed E-state index contributed by atoms with van der Waals surface area (Å²) in [5, 5.41) is 9.77. The second kappa shape index (κ2) is 9.86. The topological polar surface area (TPSA) is 83.0 Å². The Bertz CT molecular complexity index is 1120. The molecule has 13 heteroatoms. The van der Waals surface area contributed by atoms with Gasteiger partial charge in [0.2, 0.25) is 11.8 Å². The van der Waals surface area contributed by atoms with Crippen LogP contribution in [0.5, 0.6) is 5.88 Å². The van der Waals surface area contributed by atoms with Gasteiger partial charge in [0.1, 0.15) is 0 Å². The van der Waals surface area contributed by atoms with E-state index < -0.39 is 54.1 Å². The first-order valence-electron chi connectivity index (χ1n) is 10.8. The Labute approximate surface area is 202 Å². The van der Waals surface area contributed by atoms with Gasteiger partial charge in [-0.2, -0.15) is 26.3 Å². The fraction of sp³-hybridized carbons (Fsp3) is 0.435. The van der Waals surface area contributed by atoms with Crippen molar-refractivity contribution in [1.82, 2.24) is 9.88 Å². The second-order valence-corrected chi connectivity index (χ2v) is 8.29. The van der Waals surface area contributed by atoms with E-state index in [0.717, 1.165) is 16.7 Å². The average Bonchev–Trinajstić information content (AvgIpc) is 2.79. The van der Waals surface area contributed by atoms with E-state index in [1.54, 1.807) is 6.92 Å². The fourth-order valence-electron chi connectivity index (χ4n) is 4.31. The van der Waals surface area contributed by atoms with Gasteiger partial charge < -0.3 is 14.7 Å². The number of hydrogen-bond acceptors (Lipinski definition) is 4. The van der Waals surface area contributed by atoms with Gasteiger partial charge in [0.25, 0.3) is 0 Å². The molecule has 196 valence electrons. The molecule has 2 aromatic rings. The summed E-state index contributed by atoms with van der Waals surface area (Å²) in [6, 6.07) is 2.45. The summed E-state index contributed by atoms with van der Waals surface area (Å²) < 4.78 is 85.2. The standard InChI is InChI=1S/C23H23F6N3O4/c1-4-16-10-18(20-17(32(16)21(34)35)5-6-19(30-20)36-3)31(12(2)33)11-13-7-14(22(24,25)26)9-15(8-13)23(27,28)29/h5-9,16,18H,4,10-11H2,1-3H3,(H,34,35)/t16-,18+/m1/s1. The van der Waals surface area contributed by atoms with Crippen LogP contribution in [0.2, 0.25) is 0 Å². The number of carbonyl (C=O) groups excluding carboxylic acids is 1. The van der Waals surface area contributed by atoms with E-state index in [1.165, 1.54) is 19.2 Å². The predicted molar refractivity (Wildman–Crippen MR) is 115 cm³/mol. The smallest absolute Gasteiger partial charge is 0.416 e. The van der Waals surface area contributed by atoms with Crippen LogP contribution in [0.3, 0.4) is 0 Å². The number of ether oxygens (including phenoxy) is 1. The third kappa shape index (κ3) is 5.49. The zero-order valence-electron chi connectivity index (χ0n) is 19.4. The fourth-order valence-corrected chi connectivity index (χ4v) is 4.31. The van der Waals surface area contributed by atoms with Gasteiger partial charge in [-0.15, -0.1) is 0 Å². The van der Waals surface area contributed by atoms with Crippen molar-refractivity contribution in [2.24, 2.45) is 0 Å². The Kier molecular flexibility index (Phi) is 7.42. The van der Waals surface area contributed by atoms with Gasteiger partial charge >= 0.3 is 18.4 Å². The van der Waals surface area contributed by atoms with Crippen LogP contribution in [0.1, 0.15) is 55.1 Å². The van der Waals surface area contributed by atoms with Gasteiger partial charge in [-0.1, -0.05) is 6.92 Å². The first-order valence-corrected chi connectivity index (χ1v) is 10.8. The first-order chi connectivity index (χ1) is 16.7. The van der Waals surface area contributed by atoms with Crippen molar-refractivity contribution in [1.29, 1.82) is 0 Å². The molecule has 2 heterocycles. The minimum absolute atomic E-state index is 0.0157. The zero-order valence-corrected chi connectivity index (χ0v) is 19.4. The Balaban J connectivity index is 2.14. The van der Waals surface area contributed by atoms with Crippen LogP contribution in [0.15, 0.2) is 30.3 Å². The van der Waals surface area contributed by atoms with Crippen molar-refractivity contribution in [3.8, 4) is 5.88 Å². The Hall–Kier alpha value is -3.51. The van der Waals surface area contributed by atoms with Crippen molar-refractivity contribution in [2.75, 3.05) is 12.0 Å². The average molecular weight is 519 g/mol. The van der Waals surface area contributed by atoms with Crippen LogP contribution < -0.4 is 9.64 Å². The Morgan fingerprint density at radius 1 is 1.11 bits per heavy atom. The highest BCUT2D eigenvalue weighted by Gasteiger charge is 2.41. The van der Waals surface area contributed by atoms with Gasteiger partial charge in [-0.3, -0.25) is 9.69 Å². The number of amides is 2. The lowest BCUT2D eigenvalue weighted by Gasteiger charge is -2.42. The normalized spacial score (nSPS) is 18.0. The largest absolute Gasteiger partial charge is 0.481 e. The third-order valence-electron chi connectivity index (χ3n) is 5.98. The molecule has 0 unspecified atom stereocenters. The van der Waals surface area contributed by atoms with Crippen LogP contribution in [0, 0.1) is 0 Å². The monoisotopic (exact) mass is 519 g/mol. The number of nitrogens with zero attached hydrogens (tertiary/aromatic N) is 3. The highest BCUT2D eigenvalue weighted by Crippen LogP contribution is 2.43. The maximum atomic E-state index is 13.4. The van der Waals surface area contributed by atoms with Crippen molar-refractivity contribution in [2.45, 2.75) is 57.7 Å². The number of alkyl halides is 6. The van der Waals surface area contributed by atoms with Gasteiger partial charge in [-0.25, -0.2) is 9.78 Å². The predicted octanol–water partition coefficient (Wildman–Crippen LogP) is 5.88. The summed E-state index contributed by atoms with van der Waals surface area (Å²) in [5.41, 5.74) is -3.12. The second-order valence-electron chi connectivity index (χ2n) is 8.29. The zero-order chi connectivity index (χ0) is 27.0. The highest BCUT2D eigenvalue weighted by atomic mass is 19.4. The van der Waals surface area contributed by atoms with Gasteiger partial charge in [-0.05, 0) is 42.7 Å². The highest BCUT2D eigenvalue weighted by molar-refractivity contribution is 5.89. The lowest BCUT2D eigenvalue weighted by atomic mass is 9.91. The molecule has 0 spiro atoms. The van der Waals surface area contributed by atoms with Crippen LogP contribution in [0.25, 0.3) is 0 Å². The van der Waals surface area contributed by atoms with E-state index in [1.807, 2.05) is 0 Å². The number of methoxy groups -OCH3 is 1. The number of fused-ring (bicyclic) bond motifs is 1. The molecule has 3 rings (SSSR count). The SMILES string of the molecule is CC[C@@H]1C[C@H](N(Cc2cc(C(F)(F)F)cc(C(F)(F)F)c2)C(C)=O)c2nc(OC)ccc2N1C(=O)O. The van der Waals surface area contributed by atoms with E-state index in [9.17, 15) is 41.0 Å². The molecule has 7 nitrogen and oxygen atoms in total. The summed E-state index contributed by atoms with van der Waals surface area (Å²) in [4.78, 5) is 31.1. The Morgan fingerprint density at radius 2 is 1.69 bits per heavy atom. The number of carboxylic acid groups (broad SMARTS) is 1. The third-order valence-corrected chi connectivity index (χ3v) is 5.98. The number of pyridine rings is 1. The summed E-state index contributed by atoms with van der Waals surface area (Å²) in [6.45, 7) is 2.26. The molecule has 1 aromatic heterocycles. The first kappa shape index (κ1) is 27.1. The number of carbonyl (C=O) groups is 2. The summed E-state index contributed by atoms with van der Waals surface area (Å²) in [5.74, 6) is -0.541. The molecule has 1 aliphatic rings. The molecule has 2 atom stereocenters. The van der Waals surface area contributed by atoms with E-state index in [4.69, 9.17) is 4.74 Å². The number of halogens is 6. The van der Waals surface area contributed by atoms with E-state index in [2.05, 4.69) is 4.98 Å². The summed E-state index contributed by atoms with van der Waals surface area (Å²) in [6.07, 6.45) is -11.0. The quantitative estimate of drug-likeness (QED) is 0.499. The lowest BCUT2D eigenvalue weighted by molar-refractivity contribution is -0.143. The molecule has 0 saturated heterocycles. The maximum Gasteiger partial charge on any atom is 0.416 e. The van der Waals surface area contributed by atoms with Gasteiger partial charge in [0.05, 0.1) is 35.7 Å². The molecular weight excluding hydrogens is 496 g/mol. The molecule has 0 aliphatic carbocycles. The maximum absolute atomic E-state index is 13.4. The van der Waals surface area contributed by atoms with Crippen molar-refractivity contribution in [3.63, 3.8) is 0 Å². The van der Waals surface area contributed by atoms with E-state index >= 15 is 0 Å². The molecule has 0 radical (unpaired) electrons. The van der Waals surface area contributed by atoms with Crippen LogP contribution in [-0.4, -0.2) is 40.1 Å². The van der Waals surface area contributed by atoms with Crippen molar-refractivity contribution in [3.05, 3.63) is 52.7 Å². The molecule has 0 bridgehead atoms. The molecule has 1 aromatic carbocycles. The summed E-state index contributed by atoms with van der Waals surface area (Å²) in [7, 11) is 1.32. The Morgan fingerprint density at radius 3 is 2.14 bits per heavy atom. The number of aromatic nitrogens is 1. The molecule has 36 heavy (non-hydrogen) atoms.